The van der Waals surface area contributed by atoms with Crippen LogP contribution in [0.4, 0.5) is 5.82 Å². The molecule has 5 heteroatoms. The van der Waals surface area contributed by atoms with Crippen LogP contribution in [0.3, 0.4) is 0 Å². The van der Waals surface area contributed by atoms with Crippen molar-refractivity contribution < 1.29 is 9.94 Å². The number of hydrogen-bond donors (Lipinski definition) is 2. The van der Waals surface area contributed by atoms with Crippen LogP contribution in [0, 0.1) is 6.92 Å². The van der Waals surface area contributed by atoms with Crippen LogP contribution in [-0.4, -0.2) is 16.5 Å². The van der Waals surface area contributed by atoms with Gasteiger partial charge in [0.05, 0.1) is 0 Å². The number of benzene rings is 1. The summed E-state index contributed by atoms with van der Waals surface area (Å²) in [5.74, 6) is 0.979. The summed E-state index contributed by atoms with van der Waals surface area (Å²) in [7, 11) is 0. The fourth-order valence-corrected chi connectivity index (χ4v) is 1.64. The van der Waals surface area contributed by atoms with E-state index >= 15 is 0 Å². The van der Waals surface area contributed by atoms with E-state index < -0.39 is 0 Å². The minimum Gasteiger partial charge on any atom is -0.485 e. The van der Waals surface area contributed by atoms with Crippen molar-refractivity contribution in [2.45, 2.75) is 13.5 Å². The van der Waals surface area contributed by atoms with E-state index in [9.17, 15) is 0 Å². The summed E-state index contributed by atoms with van der Waals surface area (Å²) in [6, 6.07) is 11.7. The van der Waals surface area contributed by atoms with E-state index in [1.807, 2.05) is 30.6 Å². The van der Waals surface area contributed by atoms with Crippen molar-refractivity contribution in [3.63, 3.8) is 0 Å². The van der Waals surface area contributed by atoms with Gasteiger partial charge in [0.25, 0.3) is 0 Å². The van der Waals surface area contributed by atoms with Gasteiger partial charge in [-0.05, 0) is 24.6 Å². The highest BCUT2D eigenvalue weighted by Gasteiger charge is 2.03. The van der Waals surface area contributed by atoms with Gasteiger partial charge in [0.2, 0.25) is 0 Å². The van der Waals surface area contributed by atoms with Crippen molar-refractivity contribution in [2.75, 3.05) is 0 Å². The molecule has 1 heterocycles. The molecule has 19 heavy (non-hydrogen) atoms. The molecule has 1 aromatic heterocycles. The number of ether oxygens (including phenoxy) is 1. The molecule has 0 atom stereocenters. The van der Waals surface area contributed by atoms with Crippen LogP contribution in [0.1, 0.15) is 11.1 Å². The third kappa shape index (κ3) is 3.79. The number of rotatable bonds is 5. The Morgan fingerprint density at radius 1 is 1.37 bits per heavy atom. The molecule has 0 amide bonds. The molecular weight excluding hydrogens is 242 g/mol. The van der Waals surface area contributed by atoms with Gasteiger partial charge >= 0.3 is 0 Å². The number of aliphatic imine (C=N–C) groups is 1. The van der Waals surface area contributed by atoms with Crippen LogP contribution in [0.5, 0.6) is 5.75 Å². The molecule has 98 valence electrons. The first-order valence-electron chi connectivity index (χ1n) is 5.85. The van der Waals surface area contributed by atoms with Gasteiger partial charge in [0.1, 0.15) is 12.9 Å². The Morgan fingerprint density at radius 2 is 2.26 bits per heavy atom. The molecule has 2 N–H and O–H groups in total. The van der Waals surface area contributed by atoms with Crippen LogP contribution >= 0.6 is 0 Å². The van der Waals surface area contributed by atoms with E-state index in [1.54, 1.807) is 18.3 Å². The summed E-state index contributed by atoms with van der Waals surface area (Å²) in [5, 5.41) is 8.49. The fraction of sp³-hybridized carbons (Fsp3) is 0.143. The van der Waals surface area contributed by atoms with E-state index in [4.69, 9.17) is 9.94 Å². The molecule has 1 aromatic carbocycles. The van der Waals surface area contributed by atoms with Crippen molar-refractivity contribution in [3.8, 4) is 5.75 Å². The van der Waals surface area contributed by atoms with Crippen molar-refractivity contribution in [1.82, 2.24) is 10.5 Å². The molecule has 0 spiro atoms. The molecule has 5 nitrogen and oxygen atoms in total. The molecule has 0 saturated heterocycles. The lowest BCUT2D eigenvalue weighted by Gasteiger charge is -2.08. The Morgan fingerprint density at radius 3 is 3.05 bits per heavy atom. The van der Waals surface area contributed by atoms with E-state index in [0.29, 0.717) is 18.2 Å². The van der Waals surface area contributed by atoms with E-state index in [1.165, 1.54) is 5.56 Å². The molecule has 0 unspecified atom stereocenters. The summed E-state index contributed by atoms with van der Waals surface area (Å²) in [4.78, 5) is 8.00. The Hall–Kier alpha value is -2.40. The van der Waals surface area contributed by atoms with Crippen LogP contribution in [0.2, 0.25) is 0 Å². The maximum absolute atomic E-state index is 8.49. The minimum atomic E-state index is 0.414. The fourth-order valence-electron chi connectivity index (χ4n) is 1.64. The molecule has 0 fully saturated rings. The Balaban J connectivity index is 2.09. The number of nitrogens with zero attached hydrogens (tertiary/aromatic N) is 2. The average Bonchev–Trinajstić information content (AvgIpc) is 2.44. The Labute approximate surface area is 111 Å². The zero-order chi connectivity index (χ0) is 13.5. The van der Waals surface area contributed by atoms with Gasteiger partial charge in [0.15, 0.2) is 11.6 Å². The summed E-state index contributed by atoms with van der Waals surface area (Å²) in [5.41, 5.74) is 4.11. The van der Waals surface area contributed by atoms with E-state index in [0.717, 1.165) is 11.9 Å². The summed E-state index contributed by atoms with van der Waals surface area (Å²) >= 11 is 0. The van der Waals surface area contributed by atoms with Gasteiger partial charge in [-0.25, -0.2) is 9.98 Å². The summed E-state index contributed by atoms with van der Waals surface area (Å²) in [6.07, 6.45) is 2.76. The lowest BCUT2D eigenvalue weighted by molar-refractivity contribution is 0.240. The van der Waals surface area contributed by atoms with E-state index in [2.05, 4.69) is 16.0 Å². The number of nitrogens with one attached hydrogen (secondary N) is 1. The number of aromatic nitrogens is 1. The molecule has 2 rings (SSSR count). The quantitative estimate of drug-likeness (QED) is 0.491. The second kappa shape index (κ2) is 6.51. The molecule has 0 aliphatic heterocycles. The van der Waals surface area contributed by atoms with Crippen LogP contribution in [0.25, 0.3) is 0 Å². The molecule has 0 radical (unpaired) electrons. The maximum atomic E-state index is 8.49. The molecule has 0 saturated carbocycles. The smallest absolute Gasteiger partial charge is 0.196 e. The highest BCUT2D eigenvalue weighted by Crippen LogP contribution is 2.24. The number of hydrogen-bond acceptors (Lipinski definition) is 4. The molecule has 0 bridgehead atoms. The van der Waals surface area contributed by atoms with Crippen molar-refractivity contribution in [1.29, 1.82) is 0 Å². The average molecular weight is 257 g/mol. The zero-order valence-electron chi connectivity index (χ0n) is 10.6. The number of hydroxylamine groups is 1. The highest BCUT2D eigenvalue weighted by molar-refractivity contribution is 5.60. The molecule has 0 aliphatic carbocycles. The molecular formula is C14H15N3O2. The lowest BCUT2D eigenvalue weighted by Crippen LogP contribution is -2.02. The number of pyridine rings is 1. The predicted molar refractivity (Wildman–Crippen MR) is 72.8 cm³/mol. The second-order valence-corrected chi connectivity index (χ2v) is 3.99. The lowest BCUT2D eigenvalue weighted by atomic mass is 10.1. The van der Waals surface area contributed by atoms with Gasteiger partial charge in [-0.3, -0.25) is 10.7 Å². The Kier molecular flexibility index (Phi) is 4.47. The highest BCUT2D eigenvalue weighted by atomic mass is 16.5. The topological polar surface area (TPSA) is 66.7 Å². The maximum Gasteiger partial charge on any atom is 0.196 e. The third-order valence-electron chi connectivity index (χ3n) is 2.47. The van der Waals surface area contributed by atoms with Gasteiger partial charge in [-0.15, -0.1) is 0 Å². The van der Waals surface area contributed by atoms with Gasteiger partial charge in [-0.1, -0.05) is 29.8 Å². The second-order valence-electron chi connectivity index (χ2n) is 3.99. The normalized spacial score (nSPS) is 10.6. The molecule has 0 aliphatic rings. The number of aryl methyl sites for hydroxylation is 1. The first-order valence-corrected chi connectivity index (χ1v) is 5.85. The first kappa shape index (κ1) is 13.0. The van der Waals surface area contributed by atoms with Crippen LogP contribution in [0.15, 0.2) is 47.6 Å². The predicted octanol–water partition coefficient (Wildman–Crippen LogP) is 2.61. The van der Waals surface area contributed by atoms with Crippen molar-refractivity contribution in [3.05, 3.63) is 53.7 Å². The minimum absolute atomic E-state index is 0.414. The van der Waals surface area contributed by atoms with E-state index in [-0.39, 0.29) is 0 Å². The standard InChI is InChI=1S/C14H15N3O2/c1-11-4-2-5-12(8-11)9-19-13-6-3-7-15-14(13)16-10-17-18/h2-8,10,18H,9H2,1H3,(H,15,16,17). The van der Waals surface area contributed by atoms with Crippen LogP contribution < -0.4 is 10.2 Å². The first-order chi connectivity index (χ1) is 9.29. The summed E-state index contributed by atoms with van der Waals surface area (Å²) in [6.45, 7) is 2.48. The van der Waals surface area contributed by atoms with Crippen LogP contribution in [-0.2, 0) is 6.61 Å². The Bertz CT molecular complexity index is 570. The van der Waals surface area contributed by atoms with Gasteiger partial charge < -0.3 is 4.74 Å². The van der Waals surface area contributed by atoms with Gasteiger partial charge in [-0.2, -0.15) is 0 Å². The molecule has 2 aromatic rings. The van der Waals surface area contributed by atoms with Crippen molar-refractivity contribution >= 4 is 12.2 Å². The summed E-state index contributed by atoms with van der Waals surface area (Å²) < 4.78 is 5.69. The van der Waals surface area contributed by atoms with Crippen molar-refractivity contribution in [2.24, 2.45) is 4.99 Å². The zero-order valence-corrected chi connectivity index (χ0v) is 10.6. The monoisotopic (exact) mass is 257 g/mol. The van der Waals surface area contributed by atoms with Gasteiger partial charge in [0, 0.05) is 6.20 Å². The third-order valence-corrected chi connectivity index (χ3v) is 2.47. The SMILES string of the molecule is Cc1cccc(COc2cccnc2/N=C/NO)c1. The largest absolute Gasteiger partial charge is 0.485 e.